The second kappa shape index (κ2) is 3.89. The molecular formula is C7H12N2S3. The quantitative estimate of drug-likeness (QED) is 0.560. The van der Waals surface area contributed by atoms with Crippen molar-refractivity contribution in [2.75, 3.05) is 12.5 Å². The zero-order valence-corrected chi connectivity index (χ0v) is 10.1. The molecule has 0 aliphatic rings. The molecule has 0 saturated carbocycles. The minimum atomic E-state index is 0.878. The van der Waals surface area contributed by atoms with E-state index in [0.717, 1.165) is 4.77 Å². The molecule has 0 bridgehead atoms. The van der Waals surface area contributed by atoms with E-state index in [1.807, 2.05) is 23.2 Å². The van der Waals surface area contributed by atoms with Crippen LogP contribution in [0, 0.1) is 4.77 Å². The van der Waals surface area contributed by atoms with Gasteiger partial charge in [0.1, 0.15) is 10.1 Å². The predicted molar refractivity (Wildman–Crippen MR) is 58.8 cm³/mol. The van der Waals surface area contributed by atoms with Crippen LogP contribution in [0.25, 0.3) is 0 Å². The topological polar surface area (TPSA) is 9.86 Å². The Bertz CT molecular complexity index is 307. The van der Waals surface area contributed by atoms with Gasteiger partial charge in [0.25, 0.3) is 0 Å². The molecule has 1 aromatic rings. The van der Waals surface area contributed by atoms with E-state index in [9.17, 15) is 0 Å². The van der Waals surface area contributed by atoms with Crippen LogP contribution in [0.4, 0.5) is 0 Å². The average Bonchev–Trinajstić information content (AvgIpc) is 2.29. The molecule has 0 fully saturated rings. The molecule has 0 unspecified atom stereocenters. The molecule has 12 heavy (non-hydrogen) atoms. The van der Waals surface area contributed by atoms with Crippen molar-refractivity contribution in [1.29, 1.82) is 0 Å². The summed E-state index contributed by atoms with van der Waals surface area (Å²) in [6.45, 7) is 0. The highest BCUT2D eigenvalue weighted by Gasteiger charge is 2.10. The van der Waals surface area contributed by atoms with E-state index >= 15 is 0 Å². The lowest BCUT2D eigenvalue weighted by molar-refractivity contribution is 0.775. The number of rotatable bonds is 2. The molecule has 1 heterocycles. The lowest BCUT2D eigenvalue weighted by Gasteiger charge is -1.99. The molecule has 0 aliphatic heterocycles. The summed E-state index contributed by atoms with van der Waals surface area (Å²) in [5.41, 5.74) is 0. The van der Waals surface area contributed by atoms with E-state index in [4.69, 9.17) is 12.2 Å². The van der Waals surface area contributed by atoms with Gasteiger partial charge in [-0.3, -0.25) is 0 Å². The Hall–Kier alpha value is 0.130. The number of hydrogen-bond acceptors (Lipinski definition) is 3. The van der Waals surface area contributed by atoms with Crippen molar-refractivity contribution in [3.63, 3.8) is 0 Å². The number of aromatic nitrogens is 2. The van der Waals surface area contributed by atoms with Crippen LogP contribution in [-0.4, -0.2) is 21.6 Å². The van der Waals surface area contributed by atoms with E-state index in [1.54, 1.807) is 23.5 Å². The van der Waals surface area contributed by atoms with E-state index in [2.05, 4.69) is 12.5 Å². The van der Waals surface area contributed by atoms with E-state index in [1.165, 1.54) is 10.1 Å². The Morgan fingerprint density at radius 1 is 1.00 bits per heavy atom. The zero-order valence-electron chi connectivity index (χ0n) is 7.62. The van der Waals surface area contributed by atoms with Crippen LogP contribution in [0.2, 0.25) is 0 Å². The molecular weight excluding hydrogens is 208 g/mol. The summed E-state index contributed by atoms with van der Waals surface area (Å²) in [4.78, 5) is 0. The van der Waals surface area contributed by atoms with Gasteiger partial charge in [-0.25, -0.2) is 0 Å². The molecule has 5 heteroatoms. The van der Waals surface area contributed by atoms with Crippen molar-refractivity contribution >= 4 is 35.7 Å². The Morgan fingerprint density at radius 2 is 1.33 bits per heavy atom. The maximum Gasteiger partial charge on any atom is 0.181 e. The molecule has 0 aromatic carbocycles. The molecule has 0 atom stereocenters. The SMILES string of the molecule is CSc1c(SC)n(C)c(=S)n1C. The summed E-state index contributed by atoms with van der Waals surface area (Å²) in [6, 6.07) is 0. The highest BCUT2D eigenvalue weighted by Crippen LogP contribution is 2.28. The van der Waals surface area contributed by atoms with Crippen molar-refractivity contribution in [2.24, 2.45) is 14.1 Å². The van der Waals surface area contributed by atoms with Gasteiger partial charge in [-0.1, -0.05) is 0 Å². The third kappa shape index (κ3) is 1.45. The number of hydrogen-bond donors (Lipinski definition) is 0. The first-order chi connectivity index (χ1) is 5.63. The molecule has 0 saturated heterocycles. The largest absolute Gasteiger partial charge is 0.314 e. The minimum absolute atomic E-state index is 0.878. The molecule has 1 rings (SSSR count). The second-order valence-corrected chi connectivity index (χ2v) is 4.37. The third-order valence-electron chi connectivity index (χ3n) is 1.75. The van der Waals surface area contributed by atoms with Gasteiger partial charge in [-0.15, -0.1) is 23.5 Å². The van der Waals surface area contributed by atoms with Gasteiger partial charge in [0.05, 0.1) is 0 Å². The predicted octanol–water partition coefficient (Wildman–Crippen LogP) is 2.54. The molecule has 0 aliphatic carbocycles. The summed E-state index contributed by atoms with van der Waals surface area (Å²) in [5, 5.41) is 2.49. The fraction of sp³-hybridized carbons (Fsp3) is 0.571. The first kappa shape index (κ1) is 10.2. The van der Waals surface area contributed by atoms with E-state index in [0.29, 0.717) is 0 Å². The van der Waals surface area contributed by atoms with Crippen molar-refractivity contribution in [1.82, 2.24) is 9.13 Å². The molecule has 68 valence electrons. The van der Waals surface area contributed by atoms with Crippen LogP contribution in [0.3, 0.4) is 0 Å². The monoisotopic (exact) mass is 220 g/mol. The fourth-order valence-corrected chi connectivity index (χ4v) is 3.28. The summed E-state index contributed by atoms with van der Waals surface area (Å²) in [6.07, 6.45) is 4.15. The van der Waals surface area contributed by atoms with Gasteiger partial charge in [-0.2, -0.15) is 0 Å². The summed E-state index contributed by atoms with van der Waals surface area (Å²) >= 11 is 8.71. The Labute approximate surface area is 86.3 Å². The summed E-state index contributed by atoms with van der Waals surface area (Å²) < 4.78 is 4.97. The van der Waals surface area contributed by atoms with E-state index in [-0.39, 0.29) is 0 Å². The van der Waals surface area contributed by atoms with Crippen molar-refractivity contribution in [2.45, 2.75) is 10.1 Å². The Kier molecular flexibility index (Phi) is 3.31. The molecule has 0 spiro atoms. The molecule has 2 nitrogen and oxygen atoms in total. The molecule has 0 amide bonds. The highest BCUT2D eigenvalue weighted by molar-refractivity contribution is 8.01. The van der Waals surface area contributed by atoms with Crippen molar-refractivity contribution in [3.8, 4) is 0 Å². The molecule has 0 N–H and O–H groups in total. The Morgan fingerprint density at radius 3 is 1.58 bits per heavy atom. The standard InChI is InChI=1S/C7H12N2S3/c1-8-5(11-3)6(12-4)9(2)7(8)10/h1-4H3. The fourth-order valence-electron chi connectivity index (χ4n) is 1.13. The molecule has 0 radical (unpaired) electrons. The number of imidazole rings is 1. The van der Waals surface area contributed by atoms with Crippen LogP contribution in [0.1, 0.15) is 0 Å². The second-order valence-electron chi connectivity index (χ2n) is 2.42. The lowest BCUT2D eigenvalue weighted by Crippen LogP contribution is -1.91. The van der Waals surface area contributed by atoms with Crippen LogP contribution in [0.5, 0.6) is 0 Å². The van der Waals surface area contributed by atoms with Gasteiger partial charge in [0, 0.05) is 14.1 Å². The third-order valence-corrected chi connectivity index (χ3v) is 4.14. The minimum Gasteiger partial charge on any atom is -0.314 e. The maximum atomic E-state index is 5.23. The van der Waals surface area contributed by atoms with Gasteiger partial charge in [0.2, 0.25) is 0 Å². The van der Waals surface area contributed by atoms with Gasteiger partial charge >= 0.3 is 0 Å². The maximum absolute atomic E-state index is 5.23. The van der Waals surface area contributed by atoms with Crippen molar-refractivity contribution < 1.29 is 0 Å². The average molecular weight is 220 g/mol. The Balaban J connectivity index is 3.44. The number of thioether (sulfide) groups is 2. The smallest absolute Gasteiger partial charge is 0.181 e. The van der Waals surface area contributed by atoms with Crippen LogP contribution < -0.4 is 0 Å². The normalized spacial score (nSPS) is 10.7. The zero-order chi connectivity index (χ0) is 9.30. The number of nitrogens with zero attached hydrogens (tertiary/aromatic N) is 2. The van der Waals surface area contributed by atoms with Crippen LogP contribution in [0.15, 0.2) is 10.1 Å². The molecule has 1 aromatic heterocycles. The van der Waals surface area contributed by atoms with Gasteiger partial charge < -0.3 is 9.13 Å². The van der Waals surface area contributed by atoms with Crippen molar-refractivity contribution in [3.05, 3.63) is 4.77 Å². The first-order valence-electron chi connectivity index (χ1n) is 3.47. The van der Waals surface area contributed by atoms with Crippen LogP contribution >= 0.6 is 35.7 Å². The van der Waals surface area contributed by atoms with Crippen LogP contribution in [-0.2, 0) is 14.1 Å². The van der Waals surface area contributed by atoms with E-state index < -0.39 is 0 Å². The van der Waals surface area contributed by atoms with Gasteiger partial charge in [0.15, 0.2) is 4.77 Å². The van der Waals surface area contributed by atoms with Gasteiger partial charge in [-0.05, 0) is 24.7 Å². The first-order valence-corrected chi connectivity index (χ1v) is 6.33. The summed E-state index contributed by atoms with van der Waals surface area (Å²) in [7, 11) is 4.02. The highest BCUT2D eigenvalue weighted by atomic mass is 32.2. The lowest BCUT2D eigenvalue weighted by atomic mass is 10.9. The summed E-state index contributed by atoms with van der Waals surface area (Å²) in [5.74, 6) is 0.